The number of nitrogens with one attached hydrogen (secondary N) is 3. The minimum absolute atomic E-state index is 0.595. The molecule has 3 heterocycles. The average molecular weight is 264 g/mol. The van der Waals surface area contributed by atoms with E-state index in [0.29, 0.717) is 11.6 Å². The van der Waals surface area contributed by atoms with Crippen molar-refractivity contribution in [3.63, 3.8) is 0 Å². The maximum absolute atomic E-state index is 4.44. The SMILES string of the molecule is CNc1nc(NCC2CCSC2)c2[nH]cnc2n1. The normalized spacial score (nSPS) is 19.3. The van der Waals surface area contributed by atoms with Crippen molar-refractivity contribution in [2.75, 3.05) is 35.7 Å². The highest BCUT2D eigenvalue weighted by Gasteiger charge is 2.16. The second kappa shape index (κ2) is 5.01. The van der Waals surface area contributed by atoms with Gasteiger partial charge in [-0.15, -0.1) is 0 Å². The fourth-order valence-corrected chi connectivity index (χ4v) is 3.34. The van der Waals surface area contributed by atoms with Crippen LogP contribution in [0, 0.1) is 5.92 Å². The Kier molecular flexibility index (Phi) is 3.22. The summed E-state index contributed by atoms with van der Waals surface area (Å²) in [5.41, 5.74) is 1.57. The molecule has 18 heavy (non-hydrogen) atoms. The van der Waals surface area contributed by atoms with Crippen LogP contribution in [-0.2, 0) is 0 Å². The first-order valence-electron chi connectivity index (χ1n) is 6.07. The van der Waals surface area contributed by atoms with Gasteiger partial charge in [0.25, 0.3) is 0 Å². The molecular formula is C11H16N6S. The van der Waals surface area contributed by atoms with Crippen LogP contribution >= 0.6 is 11.8 Å². The van der Waals surface area contributed by atoms with Crippen molar-refractivity contribution >= 4 is 34.7 Å². The highest BCUT2D eigenvalue weighted by Crippen LogP contribution is 2.25. The molecule has 0 radical (unpaired) electrons. The molecule has 1 atom stereocenters. The summed E-state index contributed by atoms with van der Waals surface area (Å²) in [6, 6.07) is 0. The number of imidazole rings is 1. The van der Waals surface area contributed by atoms with Crippen LogP contribution in [0.3, 0.4) is 0 Å². The second-order valence-electron chi connectivity index (χ2n) is 4.36. The van der Waals surface area contributed by atoms with E-state index in [1.165, 1.54) is 17.9 Å². The zero-order valence-electron chi connectivity index (χ0n) is 10.2. The fourth-order valence-electron chi connectivity index (χ4n) is 2.06. The van der Waals surface area contributed by atoms with Crippen LogP contribution in [0.2, 0.25) is 0 Å². The molecule has 96 valence electrons. The lowest BCUT2D eigenvalue weighted by Crippen LogP contribution is -2.15. The molecule has 0 bridgehead atoms. The molecule has 1 saturated heterocycles. The number of aromatic nitrogens is 4. The van der Waals surface area contributed by atoms with Crippen molar-refractivity contribution in [2.45, 2.75) is 6.42 Å². The molecule has 1 fully saturated rings. The van der Waals surface area contributed by atoms with Crippen molar-refractivity contribution in [2.24, 2.45) is 5.92 Å². The number of anilines is 2. The van der Waals surface area contributed by atoms with E-state index < -0.39 is 0 Å². The molecule has 3 rings (SSSR count). The number of aromatic amines is 1. The first kappa shape index (κ1) is 11.6. The number of H-pyrrole nitrogens is 1. The van der Waals surface area contributed by atoms with E-state index in [9.17, 15) is 0 Å². The van der Waals surface area contributed by atoms with E-state index in [1.807, 2.05) is 18.8 Å². The predicted molar refractivity (Wildman–Crippen MR) is 75.2 cm³/mol. The Morgan fingerprint density at radius 1 is 1.50 bits per heavy atom. The molecule has 2 aromatic rings. The molecule has 6 nitrogen and oxygen atoms in total. The summed E-state index contributed by atoms with van der Waals surface area (Å²) in [6.07, 6.45) is 2.93. The molecule has 1 aliphatic rings. The van der Waals surface area contributed by atoms with Gasteiger partial charge in [0.2, 0.25) is 5.95 Å². The molecular weight excluding hydrogens is 248 g/mol. The number of hydrogen-bond donors (Lipinski definition) is 3. The highest BCUT2D eigenvalue weighted by atomic mass is 32.2. The summed E-state index contributed by atoms with van der Waals surface area (Å²) < 4.78 is 0. The van der Waals surface area contributed by atoms with Crippen LogP contribution in [0.15, 0.2) is 6.33 Å². The van der Waals surface area contributed by atoms with Gasteiger partial charge in [0, 0.05) is 13.6 Å². The van der Waals surface area contributed by atoms with Crippen LogP contribution in [0.5, 0.6) is 0 Å². The number of nitrogens with zero attached hydrogens (tertiary/aromatic N) is 3. The van der Waals surface area contributed by atoms with Gasteiger partial charge >= 0.3 is 0 Å². The van der Waals surface area contributed by atoms with E-state index in [0.717, 1.165) is 23.8 Å². The summed E-state index contributed by atoms with van der Waals surface area (Å²) in [4.78, 5) is 16.0. The van der Waals surface area contributed by atoms with Crippen molar-refractivity contribution < 1.29 is 0 Å². The van der Waals surface area contributed by atoms with Crippen LogP contribution in [0.25, 0.3) is 11.2 Å². The molecule has 1 aliphatic heterocycles. The molecule has 0 aromatic carbocycles. The Morgan fingerprint density at radius 2 is 2.44 bits per heavy atom. The fraction of sp³-hybridized carbons (Fsp3) is 0.545. The molecule has 3 N–H and O–H groups in total. The van der Waals surface area contributed by atoms with Gasteiger partial charge in [0.15, 0.2) is 11.5 Å². The Labute approximate surface area is 109 Å². The van der Waals surface area contributed by atoms with E-state index in [4.69, 9.17) is 0 Å². The molecule has 0 amide bonds. The minimum atomic E-state index is 0.595. The van der Waals surface area contributed by atoms with Crippen LogP contribution in [0.1, 0.15) is 6.42 Å². The Bertz CT molecular complexity index is 533. The smallest absolute Gasteiger partial charge is 0.226 e. The van der Waals surface area contributed by atoms with Gasteiger partial charge in [-0.3, -0.25) is 0 Å². The first-order chi connectivity index (χ1) is 8.86. The zero-order chi connectivity index (χ0) is 12.4. The first-order valence-corrected chi connectivity index (χ1v) is 7.23. The van der Waals surface area contributed by atoms with Crippen LogP contribution in [-0.4, -0.2) is 45.0 Å². The number of hydrogen-bond acceptors (Lipinski definition) is 6. The van der Waals surface area contributed by atoms with Gasteiger partial charge in [-0.05, 0) is 23.8 Å². The van der Waals surface area contributed by atoms with Gasteiger partial charge in [0.05, 0.1) is 6.33 Å². The lowest BCUT2D eigenvalue weighted by atomic mass is 10.1. The summed E-state index contributed by atoms with van der Waals surface area (Å²) in [7, 11) is 1.81. The monoisotopic (exact) mass is 264 g/mol. The third-order valence-electron chi connectivity index (χ3n) is 3.09. The average Bonchev–Trinajstić information content (AvgIpc) is 3.06. The summed E-state index contributed by atoms with van der Waals surface area (Å²) in [6.45, 7) is 0.960. The lowest BCUT2D eigenvalue weighted by molar-refractivity contribution is 0.631. The maximum atomic E-state index is 4.44. The minimum Gasteiger partial charge on any atom is -0.368 e. The van der Waals surface area contributed by atoms with Gasteiger partial charge in [-0.25, -0.2) is 4.98 Å². The number of fused-ring (bicyclic) bond motifs is 1. The van der Waals surface area contributed by atoms with E-state index >= 15 is 0 Å². The van der Waals surface area contributed by atoms with E-state index in [1.54, 1.807) is 6.33 Å². The maximum Gasteiger partial charge on any atom is 0.226 e. The molecule has 7 heteroatoms. The number of rotatable bonds is 4. The van der Waals surface area contributed by atoms with Gasteiger partial charge < -0.3 is 15.6 Å². The molecule has 0 aliphatic carbocycles. The Hall–Kier alpha value is -1.50. The van der Waals surface area contributed by atoms with Crippen molar-refractivity contribution in [1.29, 1.82) is 0 Å². The topological polar surface area (TPSA) is 78.5 Å². The number of thioether (sulfide) groups is 1. The highest BCUT2D eigenvalue weighted by molar-refractivity contribution is 7.99. The van der Waals surface area contributed by atoms with Gasteiger partial charge in [0.1, 0.15) is 5.52 Å². The lowest BCUT2D eigenvalue weighted by Gasteiger charge is -2.11. The van der Waals surface area contributed by atoms with Gasteiger partial charge in [-0.1, -0.05) is 0 Å². The molecule has 0 saturated carbocycles. The zero-order valence-corrected chi connectivity index (χ0v) is 11.0. The molecule has 0 spiro atoms. The van der Waals surface area contributed by atoms with Crippen molar-refractivity contribution in [3.05, 3.63) is 6.33 Å². The van der Waals surface area contributed by atoms with Crippen LogP contribution < -0.4 is 10.6 Å². The summed E-state index contributed by atoms with van der Waals surface area (Å²) >= 11 is 2.03. The summed E-state index contributed by atoms with van der Waals surface area (Å²) in [5, 5.41) is 6.37. The molecule has 1 unspecified atom stereocenters. The van der Waals surface area contributed by atoms with Gasteiger partial charge in [-0.2, -0.15) is 21.7 Å². The standard InChI is InChI=1S/C11H16N6S/c1-12-11-16-9(8-10(17-11)15-6-14-8)13-4-7-2-3-18-5-7/h6-7H,2-5H2,1H3,(H3,12,13,14,15,16,17). The Morgan fingerprint density at radius 3 is 3.22 bits per heavy atom. The van der Waals surface area contributed by atoms with Crippen LogP contribution in [0.4, 0.5) is 11.8 Å². The largest absolute Gasteiger partial charge is 0.368 e. The molecule has 2 aromatic heterocycles. The van der Waals surface area contributed by atoms with Crippen molar-refractivity contribution in [3.8, 4) is 0 Å². The third kappa shape index (κ3) is 2.22. The summed E-state index contributed by atoms with van der Waals surface area (Å²) in [5.74, 6) is 4.68. The third-order valence-corrected chi connectivity index (χ3v) is 4.32. The van der Waals surface area contributed by atoms with E-state index in [-0.39, 0.29) is 0 Å². The quantitative estimate of drug-likeness (QED) is 0.778. The second-order valence-corrected chi connectivity index (χ2v) is 5.51. The Balaban J connectivity index is 1.82. The van der Waals surface area contributed by atoms with E-state index in [2.05, 4.69) is 30.6 Å². The van der Waals surface area contributed by atoms with Crippen molar-refractivity contribution in [1.82, 2.24) is 19.9 Å². The predicted octanol–water partition coefficient (Wildman–Crippen LogP) is 1.56.